The smallest absolute Gasteiger partial charge is 0.269 e. The van der Waals surface area contributed by atoms with E-state index >= 15 is 0 Å². The molecule has 3 atom stereocenters. The molecule has 0 aromatic heterocycles. The van der Waals surface area contributed by atoms with Crippen molar-refractivity contribution in [1.82, 2.24) is 0 Å². The van der Waals surface area contributed by atoms with Crippen molar-refractivity contribution in [2.45, 2.75) is 30.2 Å². The van der Waals surface area contributed by atoms with Crippen LogP contribution in [0.4, 0.5) is 17.1 Å². The number of nitro groups is 1. The summed E-state index contributed by atoms with van der Waals surface area (Å²) in [5.41, 5.74) is 3.32. The number of nitrogens with one attached hydrogen (secondary N) is 2. The van der Waals surface area contributed by atoms with Gasteiger partial charge in [0.15, 0.2) is 0 Å². The maximum atomic E-state index is 13.2. The first-order valence-corrected chi connectivity index (χ1v) is 13.2. The van der Waals surface area contributed by atoms with Crippen molar-refractivity contribution in [3.63, 3.8) is 0 Å². The van der Waals surface area contributed by atoms with Gasteiger partial charge in [0.05, 0.1) is 21.5 Å². The number of fused-ring (bicyclic) bond motifs is 3. The van der Waals surface area contributed by atoms with Gasteiger partial charge < -0.3 is 5.32 Å². The predicted molar refractivity (Wildman–Crippen MR) is 138 cm³/mol. The number of rotatable bonds is 5. The second-order valence-electron chi connectivity index (χ2n) is 8.71. The third-order valence-electron chi connectivity index (χ3n) is 6.68. The van der Waals surface area contributed by atoms with Crippen LogP contribution >= 0.6 is 23.2 Å². The van der Waals surface area contributed by atoms with Crippen LogP contribution in [0, 0.1) is 23.0 Å². The molecule has 1 heterocycles. The van der Waals surface area contributed by atoms with Gasteiger partial charge in [0.2, 0.25) is 0 Å². The first-order chi connectivity index (χ1) is 16.7. The van der Waals surface area contributed by atoms with E-state index in [-0.39, 0.29) is 28.5 Å². The monoisotopic (exact) mass is 529 g/mol. The molecule has 0 saturated carbocycles. The number of hydrogen-bond donors (Lipinski definition) is 2. The van der Waals surface area contributed by atoms with Gasteiger partial charge in [-0.05, 0) is 66.8 Å². The summed E-state index contributed by atoms with van der Waals surface area (Å²) in [4.78, 5) is 11.0. The molecule has 0 fully saturated rings. The van der Waals surface area contributed by atoms with Gasteiger partial charge in [-0.15, -0.1) is 0 Å². The highest BCUT2D eigenvalue weighted by atomic mass is 35.5. The lowest BCUT2D eigenvalue weighted by Gasteiger charge is -2.38. The second kappa shape index (κ2) is 8.86. The van der Waals surface area contributed by atoms with Gasteiger partial charge in [-0.3, -0.25) is 14.8 Å². The molecule has 2 N–H and O–H groups in total. The Hall–Kier alpha value is -3.07. The number of benzene rings is 3. The number of nitrogens with zero attached hydrogens (tertiary/aromatic N) is 1. The highest BCUT2D eigenvalue weighted by Gasteiger charge is 2.39. The quantitative estimate of drug-likeness (QED) is 0.214. The first kappa shape index (κ1) is 23.7. The lowest BCUT2D eigenvalue weighted by Crippen LogP contribution is -2.29. The Bertz CT molecular complexity index is 1490. The molecule has 5 rings (SSSR count). The van der Waals surface area contributed by atoms with E-state index in [4.69, 9.17) is 23.2 Å². The summed E-state index contributed by atoms with van der Waals surface area (Å²) in [6.07, 6.45) is 4.85. The average molecular weight is 530 g/mol. The van der Waals surface area contributed by atoms with Crippen molar-refractivity contribution in [2.75, 3.05) is 10.0 Å². The molecule has 0 saturated heterocycles. The highest BCUT2D eigenvalue weighted by Crippen LogP contribution is 2.51. The van der Waals surface area contributed by atoms with E-state index in [2.05, 4.69) is 22.2 Å². The number of allylic oxidation sites excluding steroid dienone is 2. The Morgan fingerprint density at radius 3 is 2.63 bits per heavy atom. The van der Waals surface area contributed by atoms with Gasteiger partial charge in [0, 0.05) is 39.3 Å². The minimum absolute atomic E-state index is 0.0247. The summed E-state index contributed by atoms with van der Waals surface area (Å²) in [5, 5.41) is 15.7. The number of sulfonamides is 1. The molecule has 3 aromatic carbocycles. The summed E-state index contributed by atoms with van der Waals surface area (Å²) < 4.78 is 29.0. The van der Waals surface area contributed by atoms with Crippen molar-refractivity contribution in [3.05, 3.63) is 104 Å². The van der Waals surface area contributed by atoms with E-state index in [1.54, 1.807) is 49.4 Å². The zero-order valence-electron chi connectivity index (χ0n) is 18.5. The van der Waals surface area contributed by atoms with Crippen LogP contribution in [0.5, 0.6) is 0 Å². The van der Waals surface area contributed by atoms with Gasteiger partial charge in [0.1, 0.15) is 0 Å². The first-order valence-electron chi connectivity index (χ1n) is 10.9. The molecule has 2 aliphatic rings. The standard InChI is InChI=1S/C25H21Cl2N3O4S/c1-14-21(26)6-3-7-23(14)29-35(33,34)16-9-11-24-19(13-16)17-4-2-5-18(17)25(28-24)20-12-15(30(31)32)8-10-22(20)27/h2-4,6-13,17-18,25,28-29H,5H2,1H3/t17-,18+,25-/m0/s1. The Balaban J connectivity index is 1.52. The fraction of sp³-hybridized carbons (Fsp3) is 0.200. The van der Waals surface area contributed by atoms with E-state index in [9.17, 15) is 18.5 Å². The highest BCUT2D eigenvalue weighted by molar-refractivity contribution is 7.92. The fourth-order valence-electron chi connectivity index (χ4n) is 4.85. The Morgan fingerprint density at radius 2 is 1.86 bits per heavy atom. The molecule has 10 heteroatoms. The van der Waals surface area contributed by atoms with Gasteiger partial charge >= 0.3 is 0 Å². The van der Waals surface area contributed by atoms with Crippen molar-refractivity contribution in [1.29, 1.82) is 0 Å². The predicted octanol–water partition coefficient (Wildman–Crippen LogP) is 6.84. The molecular formula is C25H21Cl2N3O4S. The minimum atomic E-state index is -3.86. The molecule has 0 spiro atoms. The third kappa shape index (κ3) is 4.26. The summed E-state index contributed by atoms with van der Waals surface area (Å²) in [6.45, 7) is 1.75. The molecule has 0 unspecified atom stereocenters. The molecule has 0 radical (unpaired) electrons. The second-order valence-corrected chi connectivity index (χ2v) is 11.2. The fourth-order valence-corrected chi connectivity index (χ4v) is 6.42. The van der Waals surface area contributed by atoms with Crippen LogP contribution in [0.25, 0.3) is 0 Å². The number of hydrogen-bond acceptors (Lipinski definition) is 5. The summed E-state index contributed by atoms with van der Waals surface area (Å²) >= 11 is 12.6. The minimum Gasteiger partial charge on any atom is -0.378 e. The van der Waals surface area contributed by atoms with Crippen molar-refractivity contribution in [3.8, 4) is 0 Å². The summed E-state index contributed by atoms with van der Waals surface area (Å²) in [5.74, 6) is -0.0299. The molecular weight excluding hydrogens is 509 g/mol. The molecule has 3 aromatic rings. The Morgan fingerprint density at radius 1 is 1.06 bits per heavy atom. The number of anilines is 2. The molecule has 1 aliphatic carbocycles. The van der Waals surface area contributed by atoms with Crippen LogP contribution in [0.2, 0.25) is 10.0 Å². The van der Waals surface area contributed by atoms with Crippen molar-refractivity contribution < 1.29 is 13.3 Å². The van der Waals surface area contributed by atoms with Crippen LogP contribution in [-0.4, -0.2) is 13.3 Å². The van der Waals surface area contributed by atoms with Gasteiger partial charge in [-0.1, -0.05) is 41.4 Å². The third-order valence-corrected chi connectivity index (χ3v) is 8.80. The zero-order chi connectivity index (χ0) is 24.9. The van der Waals surface area contributed by atoms with Crippen molar-refractivity contribution in [2.24, 2.45) is 5.92 Å². The van der Waals surface area contributed by atoms with Gasteiger partial charge in [-0.25, -0.2) is 8.42 Å². The Labute approximate surface area is 213 Å². The normalized spacial score (nSPS) is 20.6. The van der Waals surface area contributed by atoms with Gasteiger partial charge in [0.25, 0.3) is 15.7 Å². The Kier molecular flexibility index (Phi) is 5.99. The lowest BCUT2D eigenvalue weighted by molar-refractivity contribution is -0.384. The lowest BCUT2D eigenvalue weighted by atomic mass is 9.77. The van der Waals surface area contributed by atoms with Gasteiger partial charge in [-0.2, -0.15) is 0 Å². The SMILES string of the molecule is Cc1c(Cl)cccc1NS(=O)(=O)c1ccc2c(c1)[C@H]1C=CC[C@H]1[C@@H](c1cc([N+](=O)[O-])ccc1Cl)N2. The molecule has 0 bridgehead atoms. The van der Waals surface area contributed by atoms with Crippen LogP contribution in [0.3, 0.4) is 0 Å². The molecule has 180 valence electrons. The summed E-state index contributed by atoms with van der Waals surface area (Å²) in [6, 6.07) is 14.2. The molecule has 0 amide bonds. The molecule has 7 nitrogen and oxygen atoms in total. The largest absolute Gasteiger partial charge is 0.378 e. The summed E-state index contributed by atoms with van der Waals surface area (Å²) in [7, 11) is -3.86. The average Bonchev–Trinajstić information content (AvgIpc) is 3.32. The maximum Gasteiger partial charge on any atom is 0.269 e. The number of halogens is 2. The molecule has 35 heavy (non-hydrogen) atoms. The van der Waals surface area contributed by atoms with Crippen LogP contribution in [0.15, 0.2) is 71.6 Å². The number of nitro benzene ring substituents is 1. The molecule has 1 aliphatic heterocycles. The van der Waals surface area contributed by atoms with E-state index in [0.29, 0.717) is 26.9 Å². The zero-order valence-corrected chi connectivity index (χ0v) is 20.9. The van der Waals surface area contributed by atoms with Crippen LogP contribution in [-0.2, 0) is 10.0 Å². The van der Waals surface area contributed by atoms with Crippen molar-refractivity contribution >= 4 is 50.3 Å². The maximum absolute atomic E-state index is 13.2. The van der Waals surface area contributed by atoms with E-state index in [1.807, 2.05) is 0 Å². The van der Waals surface area contributed by atoms with E-state index < -0.39 is 14.9 Å². The van der Waals surface area contributed by atoms with Crippen LogP contribution < -0.4 is 10.0 Å². The van der Waals surface area contributed by atoms with E-state index in [1.165, 1.54) is 12.1 Å². The number of non-ortho nitro benzene ring substituents is 1. The topological polar surface area (TPSA) is 101 Å². The van der Waals surface area contributed by atoms with E-state index in [0.717, 1.165) is 17.7 Å². The van der Waals surface area contributed by atoms with Crippen LogP contribution in [0.1, 0.15) is 35.1 Å².